The number of amides is 1. The predicted molar refractivity (Wildman–Crippen MR) is 69.8 cm³/mol. The van der Waals surface area contributed by atoms with Crippen molar-refractivity contribution in [2.24, 2.45) is 5.92 Å². The minimum Gasteiger partial charge on any atom is -0.481 e. The molecular formula is C12H13N3O3S. The summed E-state index contributed by atoms with van der Waals surface area (Å²) in [5, 5.41) is 22.5. The van der Waals surface area contributed by atoms with Crippen LogP contribution in [0.4, 0.5) is 5.00 Å². The smallest absolute Gasteiger partial charge is 0.309 e. The quantitative estimate of drug-likeness (QED) is 0.837. The fourth-order valence-electron chi connectivity index (χ4n) is 1.85. The first-order valence-corrected chi connectivity index (χ1v) is 6.70. The average Bonchev–Trinajstić information content (AvgIpc) is 2.73. The van der Waals surface area contributed by atoms with E-state index in [-0.39, 0.29) is 11.8 Å². The van der Waals surface area contributed by atoms with Crippen LogP contribution >= 0.6 is 11.3 Å². The molecule has 7 heteroatoms. The standard InChI is InChI=1S/C12H13N3O3S/c13-5-8-2-4-19-11(8)14-10(16)1-3-15-6-9(7-15)12(17)18/h2,4,9H,1,3,6-7H2,(H,14,16)(H,17,18). The number of nitrogens with zero attached hydrogens (tertiary/aromatic N) is 2. The van der Waals surface area contributed by atoms with Gasteiger partial charge in [0.15, 0.2) is 0 Å². The fraction of sp³-hybridized carbons (Fsp3) is 0.417. The van der Waals surface area contributed by atoms with E-state index >= 15 is 0 Å². The van der Waals surface area contributed by atoms with E-state index in [2.05, 4.69) is 5.32 Å². The van der Waals surface area contributed by atoms with Gasteiger partial charge in [-0.25, -0.2) is 0 Å². The SMILES string of the molecule is N#Cc1ccsc1NC(=O)CCN1CC(C(=O)O)C1. The van der Waals surface area contributed by atoms with E-state index in [1.165, 1.54) is 11.3 Å². The van der Waals surface area contributed by atoms with Crippen LogP contribution in [0.15, 0.2) is 11.4 Å². The summed E-state index contributed by atoms with van der Waals surface area (Å²) in [5.74, 6) is -1.23. The summed E-state index contributed by atoms with van der Waals surface area (Å²) >= 11 is 1.31. The van der Waals surface area contributed by atoms with Gasteiger partial charge in [-0.3, -0.25) is 9.59 Å². The van der Waals surface area contributed by atoms with E-state index < -0.39 is 5.97 Å². The lowest BCUT2D eigenvalue weighted by Gasteiger charge is -2.36. The van der Waals surface area contributed by atoms with Crippen LogP contribution in [0, 0.1) is 17.2 Å². The van der Waals surface area contributed by atoms with Crippen LogP contribution in [-0.4, -0.2) is 41.5 Å². The van der Waals surface area contributed by atoms with Gasteiger partial charge >= 0.3 is 5.97 Å². The van der Waals surface area contributed by atoms with Gasteiger partial charge in [-0.1, -0.05) is 0 Å². The Hall–Kier alpha value is -1.91. The number of carboxylic acid groups (broad SMARTS) is 1. The number of likely N-dealkylation sites (tertiary alicyclic amines) is 1. The van der Waals surface area contributed by atoms with Crippen molar-refractivity contribution in [3.05, 3.63) is 17.0 Å². The minimum atomic E-state index is -0.780. The van der Waals surface area contributed by atoms with E-state index in [1.807, 2.05) is 11.0 Å². The summed E-state index contributed by atoms with van der Waals surface area (Å²) in [7, 11) is 0. The van der Waals surface area contributed by atoms with Gasteiger partial charge in [-0.15, -0.1) is 11.3 Å². The number of anilines is 1. The molecule has 100 valence electrons. The average molecular weight is 279 g/mol. The second kappa shape index (κ2) is 5.82. The molecule has 2 heterocycles. The maximum absolute atomic E-state index is 11.7. The number of hydrogen-bond donors (Lipinski definition) is 2. The Morgan fingerprint density at radius 1 is 1.58 bits per heavy atom. The summed E-state index contributed by atoms with van der Waals surface area (Å²) in [6.45, 7) is 1.55. The number of nitrogens with one attached hydrogen (secondary N) is 1. The van der Waals surface area contributed by atoms with Gasteiger partial charge in [-0.05, 0) is 11.4 Å². The van der Waals surface area contributed by atoms with Crippen LogP contribution in [-0.2, 0) is 9.59 Å². The third-order valence-electron chi connectivity index (χ3n) is 3.00. The topological polar surface area (TPSA) is 93.4 Å². The van der Waals surface area contributed by atoms with Crippen LogP contribution in [0.5, 0.6) is 0 Å². The number of hydrogen-bond acceptors (Lipinski definition) is 5. The molecule has 1 amide bonds. The first-order valence-electron chi connectivity index (χ1n) is 5.82. The van der Waals surface area contributed by atoms with E-state index in [0.717, 1.165) is 0 Å². The normalized spacial score (nSPS) is 15.5. The maximum atomic E-state index is 11.7. The largest absolute Gasteiger partial charge is 0.481 e. The first-order chi connectivity index (χ1) is 9.10. The molecule has 1 saturated heterocycles. The van der Waals surface area contributed by atoms with Crippen molar-refractivity contribution in [3.8, 4) is 6.07 Å². The Kier molecular flexibility index (Phi) is 4.14. The summed E-state index contributed by atoms with van der Waals surface area (Å²) in [6.07, 6.45) is 0.301. The van der Waals surface area contributed by atoms with Gasteiger partial charge < -0.3 is 15.3 Å². The lowest BCUT2D eigenvalue weighted by molar-refractivity contribution is -0.147. The lowest BCUT2D eigenvalue weighted by atomic mass is 10.0. The second-order valence-corrected chi connectivity index (χ2v) is 5.28. The van der Waals surface area contributed by atoms with Crippen molar-refractivity contribution >= 4 is 28.2 Å². The monoisotopic (exact) mass is 279 g/mol. The molecule has 0 atom stereocenters. The van der Waals surface area contributed by atoms with Crippen molar-refractivity contribution in [2.45, 2.75) is 6.42 Å². The molecule has 0 bridgehead atoms. The van der Waals surface area contributed by atoms with Crippen molar-refractivity contribution in [2.75, 3.05) is 25.0 Å². The molecule has 2 N–H and O–H groups in total. The molecule has 19 heavy (non-hydrogen) atoms. The van der Waals surface area contributed by atoms with Crippen LogP contribution < -0.4 is 5.32 Å². The molecule has 1 aliphatic rings. The number of thiophene rings is 1. The summed E-state index contributed by atoms with van der Waals surface area (Å²) in [6, 6.07) is 3.67. The zero-order chi connectivity index (χ0) is 13.8. The molecular weight excluding hydrogens is 266 g/mol. The summed E-state index contributed by atoms with van der Waals surface area (Å²) < 4.78 is 0. The molecule has 2 rings (SSSR count). The Bertz CT molecular complexity index is 529. The van der Waals surface area contributed by atoms with E-state index in [0.29, 0.717) is 36.6 Å². The molecule has 1 aromatic heterocycles. The van der Waals surface area contributed by atoms with Crippen molar-refractivity contribution in [3.63, 3.8) is 0 Å². The zero-order valence-electron chi connectivity index (χ0n) is 10.1. The highest BCUT2D eigenvalue weighted by atomic mass is 32.1. The molecule has 0 radical (unpaired) electrons. The lowest BCUT2D eigenvalue weighted by Crippen LogP contribution is -2.50. The van der Waals surface area contributed by atoms with E-state index in [9.17, 15) is 9.59 Å². The minimum absolute atomic E-state index is 0.155. The van der Waals surface area contributed by atoms with Crippen LogP contribution in [0.1, 0.15) is 12.0 Å². The molecule has 0 saturated carbocycles. The predicted octanol–water partition coefficient (Wildman–Crippen LogP) is 0.965. The first kappa shape index (κ1) is 13.5. The fourth-order valence-corrected chi connectivity index (χ4v) is 2.61. The van der Waals surface area contributed by atoms with Gasteiger partial charge in [0.1, 0.15) is 11.1 Å². The molecule has 1 fully saturated rings. The highest BCUT2D eigenvalue weighted by molar-refractivity contribution is 7.14. The Labute approximate surface area is 114 Å². The van der Waals surface area contributed by atoms with Gasteiger partial charge in [0, 0.05) is 26.1 Å². The van der Waals surface area contributed by atoms with Gasteiger partial charge in [-0.2, -0.15) is 5.26 Å². The van der Waals surface area contributed by atoms with Crippen LogP contribution in [0.25, 0.3) is 0 Å². The molecule has 0 aliphatic carbocycles. The molecule has 6 nitrogen and oxygen atoms in total. The number of carbonyl (C=O) groups excluding carboxylic acids is 1. The Morgan fingerprint density at radius 3 is 2.95 bits per heavy atom. The summed E-state index contributed by atoms with van der Waals surface area (Å²) in [4.78, 5) is 24.2. The van der Waals surface area contributed by atoms with Gasteiger partial charge in [0.05, 0.1) is 11.5 Å². The third kappa shape index (κ3) is 3.30. The third-order valence-corrected chi connectivity index (χ3v) is 3.83. The van der Waals surface area contributed by atoms with Crippen molar-refractivity contribution in [1.82, 2.24) is 4.90 Å². The van der Waals surface area contributed by atoms with Gasteiger partial charge in [0.25, 0.3) is 0 Å². The number of rotatable bonds is 5. The van der Waals surface area contributed by atoms with E-state index in [1.54, 1.807) is 11.4 Å². The molecule has 0 aromatic carbocycles. The van der Waals surface area contributed by atoms with Crippen molar-refractivity contribution in [1.29, 1.82) is 5.26 Å². The highest BCUT2D eigenvalue weighted by Crippen LogP contribution is 2.22. The van der Waals surface area contributed by atoms with E-state index in [4.69, 9.17) is 10.4 Å². The Balaban J connectivity index is 1.72. The number of carbonyl (C=O) groups is 2. The summed E-state index contributed by atoms with van der Waals surface area (Å²) in [5.41, 5.74) is 0.466. The molecule has 1 aromatic rings. The number of carboxylic acids is 1. The second-order valence-electron chi connectivity index (χ2n) is 4.37. The number of aliphatic carboxylic acids is 1. The molecule has 1 aliphatic heterocycles. The number of nitriles is 1. The Morgan fingerprint density at radius 2 is 2.32 bits per heavy atom. The van der Waals surface area contributed by atoms with Crippen LogP contribution in [0.2, 0.25) is 0 Å². The molecule has 0 unspecified atom stereocenters. The maximum Gasteiger partial charge on any atom is 0.309 e. The van der Waals surface area contributed by atoms with Crippen molar-refractivity contribution < 1.29 is 14.7 Å². The molecule has 0 spiro atoms. The highest BCUT2D eigenvalue weighted by Gasteiger charge is 2.32. The zero-order valence-corrected chi connectivity index (χ0v) is 10.9. The van der Waals surface area contributed by atoms with Crippen LogP contribution in [0.3, 0.4) is 0 Å². The van der Waals surface area contributed by atoms with Gasteiger partial charge in [0.2, 0.25) is 5.91 Å².